The summed E-state index contributed by atoms with van der Waals surface area (Å²) in [6.45, 7) is 6.12. The molecule has 0 amide bonds. The van der Waals surface area contributed by atoms with E-state index in [1.165, 1.54) is 12.1 Å². The van der Waals surface area contributed by atoms with E-state index in [1.807, 2.05) is 44.2 Å². The highest BCUT2D eigenvalue weighted by Gasteiger charge is 2.08. The number of sulfonamides is 1. The summed E-state index contributed by atoms with van der Waals surface area (Å²) in [5.41, 5.74) is 1.79. The minimum Gasteiger partial charge on any atom is -0.494 e. The summed E-state index contributed by atoms with van der Waals surface area (Å²) >= 11 is 0. The van der Waals surface area contributed by atoms with Gasteiger partial charge in [-0.05, 0) is 37.6 Å². The van der Waals surface area contributed by atoms with Gasteiger partial charge in [0.15, 0.2) is 5.96 Å². The molecule has 0 aromatic heterocycles. The number of nitrogens with zero attached hydrogens (tertiary/aromatic N) is 1. The molecule has 2 rings (SSSR count). The van der Waals surface area contributed by atoms with Crippen LogP contribution >= 0.6 is 24.0 Å². The molecular weight excluding hydrogens is 491 g/mol. The molecule has 0 saturated heterocycles. The first-order valence-corrected chi connectivity index (χ1v) is 10.3. The number of hydrogen-bond acceptors (Lipinski definition) is 4. The normalized spacial score (nSPS) is 11.5. The molecule has 7 nitrogen and oxygen atoms in total. The van der Waals surface area contributed by atoms with Crippen LogP contribution in [0, 0.1) is 0 Å². The number of guanidine groups is 1. The first kappa shape index (κ1) is 24.2. The van der Waals surface area contributed by atoms with Crippen LogP contribution in [0.15, 0.2) is 58.4 Å². The van der Waals surface area contributed by atoms with Gasteiger partial charge in [-0.25, -0.2) is 18.5 Å². The van der Waals surface area contributed by atoms with Crippen molar-refractivity contribution >= 4 is 40.0 Å². The molecule has 0 aliphatic carbocycles. The number of nitrogens with one attached hydrogen (secondary N) is 2. The lowest BCUT2D eigenvalue weighted by molar-refractivity contribution is 0.336. The van der Waals surface area contributed by atoms with Crippen molar-refractivity contribution in [3.8, 4) is 5.75 Å². The fourth-order valence-corrected chi connectivity index (χ4v) is 3.04. The maximum Gasteiger partial charge on any atom is 0.238 e. The van der Waals surface area contributed by atoms with Gasteiger partial charge in [0.25, 0.3) is 0 Å². The number of halogens is 1. The predicted octanol–water partition coefficient (Wildman–Crippen LogP) is 2.61. The number of para-hydroxylation sites is 1. The molecule has 0 radical (unpaired) electrons. The number of primary sulfonamides is 1. The fraction of sp³-hybridized carbons (Fsp3) is 0.316. The summed E-state index contributed by atoms with van der Waals surface area (Å²) in [7, 11) is -3.72. The summed E-state index contributed by atoms with van der Waals surface area (Å²) in [6, 6.07) is 14.3. The van der Waals surface area contributed by atoms with Crippen molar-refractivity contribution in [1.82, 2.24) is 10.6 Å². The van der Waals surface area contributed by atoms with E-state index in [-0.39, 0.29) is 28.9 Å². The highest BCUT2D eigenvalue weighted by molar-refractivity contribution is 14.0. The molecule has 0 fully saturated rings. The number of rotatable bonds is 8. The molecule has 0 spiro atoms. The monoisotopic (exact) mass is 518 g/mol. The molecule has 154 valence electrons. The van der Waals surface area contributed by atoms with Crippen LogP contribution in [0.5, 0.6) is 5.75 Å². The van der Waals surface area contributed by atoms with Crippen molar-refractivity contribution in [3.63, 3.8) is 0 Å². The first-order valence-electron chi connectivity index (χ1n) is 8.78. The average Bonchev–Trinajstić information content (AvgIpc) is 2.65. The molecular formula is C19H27IN4O3S. The molecule has 4 N–H and O–H groups in total. The van der Waals surface area contributed by atoms with Gasteiger partial charge >= 0.3 is 0 Å². The van der Waals surface area contributed by atoms with Gasteiger partial charge in [-0.2, -0.15) is 0 Å². The highest BCUT2D eigenvalue weighted by Crippen LogP contribution is 2.17. The molecule has 0 saturated carbocycles. The molecule has 0 aliphatic rings. The molecule has 0 heterocycles. The van der Waals surface area contributed by atoms with E-state index in [9.17, 15) is 8.42 Å². The van der Waals surface area contributed by atoms with E-state index in [2.05, 4.69) is 15.6 Å². The van der Waals surface area contributed by atoms with Gasteiger partial charge in [-0.1, -0.05) is 30.3 Å². The molecule has 0 atom stereocenters. The van der Waals surface area contributed by atoms with Gasteiger partial charge in [0.05, 0.1) is 18.0 Å². The highest BCUT2D eigenvalue weighted by atomic mass is 127. The summed E-state index contributed by atoms with van der Waals surface area (Å²) in [4.78, 5) is 4.60. The van der Waals surface area contributed by atoms with Gasteiger partial charge in [0.1, 0.15) is 5.75 Å². The third-order valence-corrected chi connectivity index (χ3v) is 4.62. The van der Waals surface area contributed by atoms with Crippen LogP contribution in [0.4, 0.5) is 0 Å². The maximum atomic E-state index is 11.5. The van der Waals surface area contributed by atoms with Crippen LogP contribution in [-0.4, -0.2) is 27.5 Å². The molecule has 2 aromatic rings. The molecule has 0 aliphatic heterocycles. The summed E-state index contributed by atoms with van der Waals surface area (Å²) in [5.74, 6) is 1.47. The van der Waals surface area contributed by atoms with Gasteiger partial charge < -0.3 is 15.4 Å². The average molecular weight is 518 g/mol. The van der Waals surface area contributed by atoms with Crippen LogP contribution in [0.3, 0.4) is 0 Å². The SMILES string of the molecule is CCNC(=NCc1cccc(S(N)(=O)=O)c1)NCc1ccccc1OCC.I. The van der Waals surface area contributed by atoms with Gasteiger partial charge in [-0.15, -0.1) is 24.0 Å². The number of nitrogens with two attached hydrogens (primary N) is 1. The molecule has 28 heavy (non-hydrogen) atoms. The number of aliphatic imine (C=N–C) groups is 1. The zero-order valence-electron chi connectivity index (χ0n) is 16.0. The number of hydrogen-bond donors (Lipinski definition) is 3. The summed E-state index contributed by atoms with van der Waals surface area (Å²) < 4.78 is 28.6. The Morgan fingerprint density at radius 1 is 1.11 bits per heavy atom. The second-order valence-corrected chi connectivity index (χ2v) is 7.34. The van der Waals surface area contributed by atoms with Crippen LogP contribution < -0.4 is 20.5 Å². The van der Waals surface area contributed by atoms with Crippen molar-refractivity contribution in [2.24, 2.45) is 10.1 Å². The minimum atomic E-state index is -3.72. The van der Waals surface area contributed by atoms with Crippen molar-refractivity contribution < 1.29 is 13.2 Å². The fourth-order valence-electron chi connectivity index (χ4n) is 2.46. The topological polar surface area (TPSA) is 106 Å². The number of benzene rings is 2. The van der Waals surface area contributed by atoms with Gasteiger partial charge in [0.2, 0.25) is 10.0 Å². The third-order valence-electron chi connectivity index (χ3n) is 3.71. The van der Waals surface area contributed by atoms with Crippen molar-refractivity contribution in [2.75, 3.05) is 13.2 Å². The van der Waals surface area contributed by atoms with E-state index in [0.717, 1.165) is 16.9 Å². The smallest absolute Gasteiger partial charge is 0.238 e. The zero-order chi connectivity index (χ0) is 19.7. The van der Waals surface area contributed by atoms with Crippen LogP contribution in [-0.2, 0) is 23.1 Å². The first-order chi connectivity index (χ1) is 12.9. The zero-order valence-corrected chi connectivity index (χ0v) is 19.2. The Hall–Kier alpha value is -1.85. The molecule has 0 bridgehead atoms. The Morgan fingerprint density at radius 3 is 2.54 bits per heavy atom. The minimum absolute atomic E-state index is 0. The van der Waals surface area contributed by atoms with E-state index in [1.54, 1.807) is 6.07 Å². The van der Waals surface area contributed by atoms with Crippen molar-refractivity contribution in [1.29, 1.82) is 0 Å². The van der Waals surface area contributed by atoms with Crippen LogP contribution in [0.1, 0.15) is 25.0 Å². The lowest BCUT2D eigenvalue weighted by atomic mass is 10.2. The predicted molar refractivity (Wildman–Crippen MR) is 122 cm³/mol. The summed E-state index contributed by atoms with van der Waals surface area (Å²) in [5, 5.41) is 11.6. The maximum absolute atomic E-state index is 11.5. The Bertz CT molecular complexity index is 888. The lowest BCUT2D eigenvalue weighted by Gasteiger charge is -2.14. The Morgan fingerprint density at radius 2 is 1.86 bits per heavy atom. The van der Waals surface area contributed by atoms with Crippen molar-refractivity contribution in [2.45, 2.75) is 31.8 Å². The Balaban J connectivity index is 0.00000392. The molecule has 0 unspecified atom stereocenters. The van der Waals surface area contributed by atoms with Crippen LogP contribution in [0.25, 0.3) is 0 Å². The Kier molecular flexibility index (Phi) is 10.3. The van der Waals surface area contributed by atoms with E-state index in [4.69, 9.17) is 9.88 Å². The number of ether oxygens (including phenoxy) is 1. The standard InChI is InChI=1S/C19H26N4O3S.HI/c1-3-21-19(23-14-16-9-5-6-11-18(16)26-4-2)22-13-15-8-7-10-17(12-15)27(20,24)25;/h5-12H,3-4,13-14H2,1-2H3,(H2,20,24,25)(H2,21,22,23);1H. The van der Waals surface area contributed by atoms with Gasteiger partial charge in [-0.3, -0.25) is 0 Å². The molecule has 9 heteroatoms. The van der Waals surface area contributed by atoms with E-state index in [0.29, 0.717) is 32.2 Å². The molecule has 2 aromatic carbocycles. The second-order valence-electron chi connectivity index (χ2n) is 5.78. The Labute approximate surface area is 183 Å². The van der Waals surface area contributed by atoms with Crippen LogP contribution in [0.2, 0.25) is 0 Å². The summed E-state index contributed by atoms with van der Waals surface area (Å²) in [6.07, 6.45) is 0. The third kappa shape index (κ3) is 7.64. The lowest BCUT2D eigenvalue weighted by Crippen LogP contribution is -2.36. The van der Waals surface area contributed by atoms with E-state index >= 15 is 0 Å². The quantitative estimate of drug-likeness (QED) is 0.283. The van der Waals surface area contributed by atoms with Crippen molar-refractivity contribution in [3.05, 3.63) is 59.7 Å². The second kappa shape index (κ2) is 11.9. The van der Waals surface area contributed by atoms with E-state index < -0.39 is 10.0 Å². The van der Waals surface area contributed by atoms with Gasteiger partial charge in [0, 0.05) is 18.7 Å². The largest absolute Gasteiger partial charge is 0.494 e.